The highest BCUT2D eigenvalue weighted by atomic mass is 19.4. The first-order valence-corrected chi connectivity index (χ1v) is 8.26. The number of fused-ring (bicyclic) bond motifs is 1. The molecule has 2 aromatic carbocycles. The average molecular weight is 390 g/mol. The molecular formula is C19H13F3N2O4. The minimum atomic E-state index is -4.59. The average Bonchev–Trinajstić information content (AvgIpc) is 3.17. The number of amides is 1. The zero-order valence-corrected chi connectivity index (χ0v) is 14.2. The molecule has 0 saturated heterocycles. The molecule has 1 aliphatic rings. The molecule has 0 radical (unpaired) electrons. The Bertz CT molecular complexity index is 1030. The zero-order valence-electron chi connectivity index (χ0n) is 14.2. The van der Waals surface area contributed by atoms with Gasteiger partial charge in [0.1, 0.15) is 13.2 Å². The molecule has 6 nitrogen and oxygen atoms in total. The number of anilines is 1. The molecule has 0 atom stereocenters. The van der Waals surface area contributed by atoms with E-state index >= 15 is 0 Å². The first kappa shape index (κ1) is 17.9. The van der Waals surface area contributed by atoms with Gasteiger partial charge >= 0.3 is 6.18 Å². The van der Waals surface area contributed by atoms with Crippen molar-refractivity contribution in [1.82, 2.24) is 5.16 Å². The zero-order chi connectivity index (χ0) is 19.7. The topological polar surface area (TPSA) is 73.6 Å². The Kier molecular flexibility index (Phi) is 4.42. The number of carbonyl (C=O) groups is 1. The third-order valence-electron chi connectivity index (χ3n) is 4.05. The predicted molar refractivity (Wildman–Crippen MR) is 92.3 cm³/mol. The summed E-state index contributed by atoms with van der Waals surface area (Å²) in [7, 11) is 0. The summed E-state index contributed by atoms with van der Waals surface area (Å²) < 4.78 is 55.3. The number of hydrogen-bond donors (Lipinski definition) is 1. The predicted octanol–water partition coefficient (Wildman–Crippen LogP) is 4.38. The molecule has 2 heterocycles. The Hall–Kier alpha value is -3.49. The largest absolute Gasteiger partial charge is 0.486 e. The quantitative estimate of drug-likeness (QED) is 0.718. The maximum absolute atomic E-state index is 13.1. The van der Waals surface area contributed by atoms with Crippen LogP contribution in [0.2, 0.25) is 0 Å². The molecule has 3 aromatic rings. The van der Waals surface area contributed by atoms with E-state index in [1.807, 2.05) is 0 Å². The summed E-state index contributed by atoms with van der Waals surface area (Å²) in [5.74, 6) is 0.581. The fourth-order valence-corrected chi connectivity index (χ4v) is 2.74. The molecule has 0 saturated carbocycles. The van der Waals surface area contributed by atoms with E-state index in [0.29, 0.717) is 30.3 Å². The molecule has 0 fully saturated rings. The molecule has 0 spiro atoms. The standard InChI is InChI=1S/C19H13F3N2O4/c20-19(21,22)12-3-1-2-4-13(12)23-18(25)14-10-16(28-24-14)11-5-6-15-17(9-11)27-8-7-26-15/h1-6,9-10H,7-8H2,(H,23,25). The van der Waals surface area contributed by atoms with Gasteiger partial charge < -0.3 is 19.3 Å². The summed E-state index contributed by atoms with van der Waals surface area (Å²) >= 11 is 0. The van der Waals surface area contributed by atoms with Gasteiger partial charge in [0.2, 0.25) is 0 Å². The first-order chi connectivity index (χ1) is 13.4. The second kappa shape index (κ2) is 6.91. The third kappa shape index (κ3) is 3.51. The fraction of sp³-hybridized carbons (Fsp3) is 0.158. The smallest absolute Gasteiger partial charge is 0.418 e. The number of ether oxygens (including phenoxy) is 2. The van der Waals surface area contributed by atoms with Crippen LogP contribution in [0.25, 0.3) is 11.3 Å². The molecular weight excluding hydrogens is 377 g/mol. The number of nitrogens with zero attached hydrogens (tertiary/aromatic N) is 1. The molecule has 9 heteroatoms. The van der Waals surface area contributed by atoms with Crippen LogP contribution in [0, 0.1) is 0 Å². The van der Waals surface area contributed by atoms with Gasteiger partial charge in [0.05, 0.1) is 11.3 Å². The van der Waals surface area contributed by atoms with E-state index in [0.717, 1.165) is 6.07 Å². The van der Waals surface area contributed by atoms with E-state index in [-0.39, 0.29) is 17.1 Å². The van der Waals surface area contributed by atoms with Gasteiger partial charge in [0, 0.05) is 11.6 Å². The van der Waals surface area contributed by atoms with Gasteiger partial charge in [-0.25, -0.2) is 0 Å². The molecule has 1 aromatic heterocycles. The highest BCUT2D eigenvalue weighted by Gasteiger charge is 2.33. The van der Waals surface area contributed by atoms with Crippen LogP contribution >= 0.6 is 0 Å². The Labute approximate surface area is 156 Å². The SMILES string of the molecule is O=C(Nc1ccccc1C(F)(F)F)c1cc(-c2ccc3c(c2)OCCO3)on1. The van der Waals surface area contributed by atoms with E-state index < -0.39 is 17.6 Å². The van der Waals surface area contributed by atoms with Crippen LogP contribution in [-0.2, 0) is 6.18 Å². The van der Waals surface area contributed by atoms with Crippen molar-refractivity contribution in [2.45, 2.75) is 6.18 Å². The monoisotopic (exact) mass is 390 g/mol. The normalized spacial score (nSPS) is 13.2. The number of nitrogens with one attached hydrogen (secondary N) is 1. The van der Waals surface area contributed by atoms with E-state index in [1.54, 1.807) is 18.2 Å². The minimum absolute atomic E-state index is 0.151. The number of benzene rings is 2. The third-order valence-corrected chi connectivity index (χ3v) is 4.05. The molecule has 1 N–H and O–H groups in total. The Morgan fingerprint density at radius 3 is 2.54 bits per heavy atom. The number of halogens is 3. The van der Waals surface area contributed by atoms with Crippen LogP contribution in [0.3, 0.4) is 0 Å². The van der Waals surface area contributed by atoms with Crippen molar-refractivity contribution >= 4 is 11.6 Å². The Morgan fingerprint density at radius 1 is 1.00 bits per heavy atom. The van der Waals surface area contributed by atoms with Gasteiger partial charge in [-0.3, -0.25) is 4.79 Å². The van der Waals surface area contributed by atoms with Crippen LogP contribution in [-0.4, -0.2) is 24.3 Å². The highest BCUT2D eigenvalue weighted by Crippen LogP contribution is 2.36. The molecule has 1 aliphatic heterocycles. The van der Waals surface area contributed by atoms with Crippen molar-refractivity contribution in [3.8, 4) is 22.8 Å². The van der Waals surface area contributed by atoms with E-state index in [9.17, 15) is 18.0 Å². The van der Waals surface area contributed by atoms with Crippen molar-refractivity contribution < 1.29 is 32.0 Å². The van der Waals surface area contributed by atoms with Gasteiger partial charge in [-0.15, -0.1) is 0 Å². The number of rotatable bonds is 3. The van der Waals surface area contributed by atoms with E-state index in [1.165, 1.54) is 24.3 Å². The molecule has 1 amide bonds. The summed E-state index contributed by atoms with van der Waals surface area (Å²) in [4.78, 5) is 12.3. The van der Waals surface area contributed by atoms with Crippen molar-refractivity contribution in [3.63, 3.8) is 0 Å². The second-order valence-corrected chi connectivity index (χ2v) is 5.93. The van der Waals surface area contributed by atoms with Crippen LogP contribution < -0.4 is 14.8 Å². The van der Waals surface area contributed by atoms with Gasteiger partial charge in [0.15, 0.2) is 23.0 Å². The number of alkyl halides is 3. The molecule has 144 valence electrons. The molecule has 0 unspecified atom stereocenters. The maximum Gasteiger partial charge on any atom is 0.418 e. The van der Waals surface area contributed by atoms with Crippen LogP contribution in [0.1, 0.15) is 16.1 Å². The highest BCUT2D eigenvalue weighted by molar-refractivity contribution is 6.03. The molecule has 28 heavy (non-hydrogen) atoms. The summed E-state index contributed by atoms with van der Waals surface area (Å²) in [5, 5.41) is 5.87. The van der Waals surface area contributed by atoms with Crippen molar-refractivity contribution in [2.75, 3.05) is 18.5 Å². The van der Waals surface area contributed by atoms with E-state index in [4.69, 9.17) is 14.0 Å². The lowest BCUT2D eigenvalue weighted by molar-refractivity contribution is -0.136. The van der Waals surface area contributed by atoms with Crippen LogP contribution in [0.4, 0.5) is 18.9 Å². The van der Waals surface area contributed by atoms with Gasteiger partial charge in [-0.2, -0.15) is 13.2 Å². The lowest BCUT2D eigenvalue weighted by atomic mass is 10.1. The van der Waals surface area contributed by atoms with Crippen molar-refractivity contribution in [1.29, 1.82) is 0 Å². The lowest BCUT2D eigenvalue weighted by Crippen LogP contribution is -2.16. The van der Waals surface area contributed by atoms with Crippen molar-refractivity contribution in [2.24, 2.45) is 0 Å². The lowest BCUT2D eigenvalue weighted by Gasteiger charge is -2.18. The van der Waals surface area contributed by atoms with Crippen molar-refractivity contribution in [3.05, 3.63) is 59.8 Å². The van der Waals surface area contributed by atoms with Crippen LogP contribution in [0.15, 0.2) is 53.1 Å². The minimum Gasteiger partial charge on any atom is -0.486 e. The first-order valence-electron chi connectivity index (χ1n) is 8.26. The van der Waals surface area contributed by atoms with Gasteiger partial charge in [-0.1, -0.05) is 17.3 Å². The molecule has 0 bridgehead atoms. The summed E-state index contributed by atoms with van der Waals surface area (Å²) in [6, 6.07) is 11.1. The number of aromatic nitrogens is 1. The van der Waals surface area contributed by atoms with Crippen LogP contribution in [0.5, 0.6) is 11.5 Å². The number of hydrogen-bond acceptors (Lipinski definition) is 5. The second-order valence-electron chi connectivity index (χ2n) is 5.93. The fourth-order valence-electron chi connectivity index (χ4n) is 2.74. The Morgan fingerprint density at radius 2 is 1.75 bits per heavy atom. The maximum atomic E-state index is 13.1. The summed E-state index contributed by atoms with van der Waals surface area (Å²) in [6.07, 6.45) is -4.59. The molecule has 4 rings (SSSR count). The van der Waals surface area contributed by atoms with E-state index in [2.05, 4.69) is 10.5 Å². The number of carbonyl (C=O) groups excluding carboxylic acids is 1. The summed E-state index contributed by atoms with van der Waals surface area (Å²) in [6.45, 7) is 0.873. The van der Waals surface area contributed by atoms with Gasteiger partial charge in [0.25, 0.3) is 5.91 Å². The molecule has 0 aliphatic carbocycles. The van der Waals surface area contributed by atoms with Gasteiger partial charge in [-0.05, 0) is 30.3 Å². The Balaban J connectivity index is 1.56. The summed E-state index contributed by atoms with van der Waals surface area (Å²) in [5.41, 5.74) is -0.865. The number of para-hydroxylation sites is 1.